The molecule has 0 aliphatic rings. The predicted octanol–water partition coefficient (Wildman–Crippen LogP) is 2.94. The highest BCUT2D eigenvalue weighted by Gasteiger charge is 2.26. The minimum absolute atomic E-state index is 0.329. The van der Waals surface area contributed by atoms with Gasteiger partial charge in [-0.05, 0) is 25.5 Å². The fraction of sp³-hybridized carbons (Fsp3) is 0.417. The van der Waals surface area contributed by atoms with Crippen LogP contribution < -0.4 is 5.73 Å². The number of oxazole rings is 1. The average molecular weight is 222 g/mol. The van der Waals surface area contributed by atoms with Crippen molar-refractivity contribution < 1.29 is 8.81 Å². The summed E-state index contributed by atoms with van der Waals surface area (Å²) in [7, 11) is 0. The van der Waals surface area contributed by atoms with Crippen LogP contribution in [0.3, 0.4) is 0 Å². The van der Waals surface area contributed by atoms with Gasteiger partial charge in [0.25, 0.3) is 0 Å². The van der Waals surface area contributed by atoms with E-state index in [1.807, 2.05) is 13.8 Å². The summed E-state index contributed by atoms with van der Waals surface area (Å²) in [6, 6.07) is 4.29. The highest BCUT2D eigenvalue weighted by molar-refractivity contribution is 5.72. The second kappa shape index (κ2) is 3.87. The van der Waals surface area contributed by atoms with Gasteiger partial charge in [-0.3, -0.25) is 0 Å². The molecule has 0 aliphatic carbocycles. The zero-order chi connectivity index (χ0) is 11.8. The molecule has 0 saturated carbocycles. The van der Waals surface area contributed by atoms with E-state index in [1.165, 1.54) is 12.1 Å². The third-order valence-electron chi connectivity index (χ3n) is 2.61. The normalized spacial score (nSPS) is 15.2. The van der Waals surface area contributed by atoms with Gasteiger partial charge in [0, 0.05) is 6.07 Å². The van der Waals surface area contributed by atoms with E-state index < -0.39 is 5.54 Å². The molecule has 1 aromatic heterocycles. The van der Waals surface area contributed by atoms with E-state index in [0.29, 0.717) is 17.0 Å². The molecule has 1 aromatic carbocycles. The number of rotatable bonds is 3. The van der Waals surface area contributed by atoms with Crippen molar-refractivity contribution in [3.05, 3.63) is 29.9 Å². The van der Waals surface area contributed by atoms with Crippen molar-refractivity contribution in [2.24, 2.45) is 5.73 Å². The first-order valence-corrected chi connectivity index (χ1v) is 5.38. The van der Waals surface area contributed by atoms with Crippen LogP contribution in [0.5, 0.6) is 0 Å². The quantitative estimate of drug-likeness (QED) is 0.868. The molecule has 3 nitrogen and oxygen atoms in total. The average Bonchev–Trinajstić information content (AvgIpc) is 2.61. The zero-order valence-electron chi connectivity index (χ0n) is 9.46. The van der Waals surface area contributed by atoms with Crippen LogP contribution in [-0.2, 0) is 5.54 Å². The Kier molecular flexibility index (Phi) is 2.68. The Morgan fingerprint density at radius 2 is 2.25 bits per heavy atom. The van der Waals surface area contributed by atoms with Crippen LogP contribution in [0.4, 0.5) is 4.39 Å². The fourth-order valence-corrected chi connectivity index (χ4v) is 1.77. The number of hydrogen-bond donors (Lipinski definition) is 1. The second-order valence-electron chi connectivity index (χ2n) is 4.30. The molecule has 4 heteroatoms. The smallest absolute Gasteiger partial charge is 0.215 e. The third-order valence-corrected chi connectivity index (χ3v) is 2.61. The second-order valence-corrected chi connectivity index (χ2v) is 4.30. The van der Waals surface area contributed by atoms with Crippen molar-refractivity contribution in [1.82, 2.24) is 4.98 Å². The molecule has 2 N–H and O–H groups in total. The van der Waals surface area contributed by atoms with Gasteiger partial charge in [-0.2, -0.15) is 0 Å². The van der Waals surface area contributed by atoms with E-state index in [0.717, 1.165) is 12.8 Å². The molecule has 2 rings (SSSR count). The maximum atomic E-state index is 13.0. The number of aromatic nitrogens is 1. The molecule has 0 amide bonds. The van der Waals surface area contributed by atoms with Crippen LogP contribution >= 0.6 is 0 Å². The summed E-state index contributed by atoms with van der Waals surface area (Å²) >= 11 is 0. The van der Waals surface area contributed by atoms with E-state index in [1.54, 1.807) is 6.07 Å². The Balaban J connectivity index is 2.46. The summed E-state index contributed by atoms with van der Waals surface area (Å²) < 4.78 is 18.5. The molecule has 1 heterocycles. The predicted molar refractivity (Wildman–Crippen MR) is 60.4 cm³/mol. The first-order chi connectivity index (χ1) is 7.53. The molecule has 86 valence electrons. The molecule has 2 aromatic rings. The number of nitrogens with zero attached hydrogens (tertiary/aromatic N) is 1. The number of halogens is 1. The Morgan fingerprint density at radius 1 is 1.50 bits per heavy atom. The summed E-state index contributed by atoms with van der Waals surface area (Å²) in [5.74, 6) is 0.138. The van der Waals surface area contributed by atoms with Crippen LogP contribution in [0.2, 0.25) is 0 Å². The van der Waals surface area contributed by atoms with Gasteiger partial charge in [-0.25, -0.2) is 9.37 Å². The van der Waals surface area contributed by atoms with Gasteiger partial charge < -0.3 is 10.2 Å². The van der Waals surface area contributed by atoms with E-state index in [-0.39, 0.29) is 5.82 Å². The number of nitrogens with two attached hydrogens (primary N) is 1. The van der Waals surface area contributed by atoms with Gasteiger partial charge >= 0.3 is 0 Å². The first-order valence-electron chi connectivity index (χ1n) is 5.38. The molecular weight excluding hydrogens is 207 g/mol. The van der Waals surface area contributed by atoms with Gasteiger partial charge in [0.2, 0.25) is 5.89 Å². The lowest BCUT2D eigenvalue weighted by atomic mass is 9.98. The van der Waals surface area contributed by atoms with Gasteiger partial charge in [0.05, 0.1) is 5.54 Å². The Hall–Kier alpha value is -1.42. The Bertz CT molecular complexity index is 505. The van der Waals surface area contributed by atoms with Gasteiger partial charge in [-0.15, -0.1) is 0 Å². The number of fused-ring (bicyclic) bond motifs is 1. The third kappa shape index (κ3) is 1.93. The van der Waals surface area contributed by atoms with E-state index in [2.05, 4.69) is 4.98 Å². The van der Waals surface area contributed by atoms with Crippen molar-refractivity contribution in [3.63, 3.8) is 0 Å². The van der Waals surface area contributed by atoms with Crippen molar-refractivity contribution in [2.75, 3.05) is 0 Å². The molecule has 0 fully saturated rings. The topological polar surface area (TPSA) is 52.0 Å². The first kappa shape index (κ1) is 11.1. The van der Waals surface area contributed by atoms with Crippen molar-refractivity contribution in [1.29, 1.82) is 0 Å². The van der Waals surface area contributed by atoms with Gasteiger partial charge in [0.15, 0.2) is 5.58 Å². The summed E-state index contributed by atoms with van der Waals surface area (Å²) in [6.45, 7) is 3.92. The lowest BCUT2D eigenvalue weighted by Gasteiger charge is -2.19. The largest absolute Gasteiger partial charge is 0.439 e. The van der Waals surface area contributed by atoms with Crippen molar-refractivity contribution >= 4 is 11.1 Å². The van der Waals surface area contributed by atoms with Crippen LogP contribution in [-0.4, -0.2) is 4.98 Å². The SMILES string of the molecule is CCCC(C)(N)c1nc2ccc(F)cc2o1. The summed E-state index contributed by atoms with van der Waals surface area (Å²) in [4.78, 5) is 4.29. The monoisotopic (exact) mass is 222 g/mol. The van der Waals surface area contributed by atoms with Crippen LogP contribution in [0.15, 0.2) is 22.6 Å². The molecule has 1 atom stereocenters. The lowest BCUT2D eigenvalue weighted by Crippen LogP contribution is -2.33. The van der Waals surface area contributed by atoms with E-state index in [9.17, 15) is 4.39 Å². The molecule has 16 heavy (non-hydrogen) atoms. The Labute approximate surface area is 93.5 Å². The molecule has 0 spiro atoms. The highest BCUT2D eigenvalue weighted by Crippen LogP contribution is 2.26. The van der Waals surface area contributed by atoms with Gasteiger partial charge in [0.1, 0.15) is 11.3 Å². The molecule has 0 saturated heterocycles. The Morgan fingerprint density at radius 3 is 2.94 bits per heavy atom. The number of hydrogen-bond acceptors (Lipinski definition) is 3. The minimum atomic E-state index is -0.593. The van der Waals surface area contributed by atoms with Gasteiger partial charge in [-0.1, -0.05) is 13.3 Å². The summed E-state index contributed by atoms with van der Waals surface area (Å²) in [6.07, 6.45) is 1.72. The van der Waals surface area contributed by atoms with E-state index in [4.69, 9.17) is 10.2 Å². The maximum absolute atomic E-state index is 13.0. The molecule has 0 aliphatic heterocycles. The molecule has 0 radical (unpaired) electrons. The zero-order valence-corrected chi connectivity index (χ0v) is 9.46. The van der Waals surface area contributed by atoms with Crippen LogP contribution in [0, 0.1) is 5.82 Å². The standard InChI is InChI=1S/C12H15FN2O/c1-3-6-12(2,14)11-15-9-5-4-8(13)7-10(9)16-11/h4-5,7H,3,6,14H2,1-2H3. The fourth-order valence-electron chi connectivity index (χ4n) is 1.77. The molecular formula is C12H15FN2O. The lowest BCUT2D eigenvalue weighted by molar-refractivity contribution is 0.342. The van der Waals surface area contributed by atoms with Crippen molar-refractivity contribution in [3.8, 4) is 0 Å². The van der Waals surface area contributed by atoms with Crippen LogP contribution in [0.25, 0.3) is 11.1 Å². The number of benzene rings is 1. The molecule has 1 unspecified atom stereocenters. The highest BCUT2D eigenvalue weighted by atomic mass is 19.1. The molecule has 0 bridgehead atoms. The summed E-state index contributed by atoms with van der Waals surface area (Å²) in [5, 5.41) is 0. The maximum Gasteiger partial charge on any atom is 0.215 e. The van der Waals surface area contributed by atoms with E-state index >= 15 is 0 Å². The van der Waals surface area contributed by atoms with Crippen LogP contribution in [0.1, 0.15) is 32.6 Å². The summed E-state index contributed by atoms with van der Waals surface area (Å²) in [5.41, 5.74) is 6.60. The minimum Gasteiger partial charge on any atom is -0.439 e. The van der Waals surface area contributed by atoms with Crippen molar-refractivity contribution in [2.45, 2.75) is 32.2 Å².